The number of hydrogen-bond donors (Lipinski definition) is 2. The van der Waals surface area contributed by atoms with Gasteiger partial charge in [0.1, 0.15) is 0 Å². The van der Waals surface area contributed by atoms with Gasteiger partial charge in [-0.1, -0.05) is 19.3 Å². The van der Waals surface area contributed by atoms with Crippen molar-refractivity contribution in [3.05, 3.63) is 16.1 Å². The van der Waals surface area contributed by atoms with Crippen molar-refractivity contribution in [2.75, 3.05) is 6.61 Å². The molecule has 2 aliphatic rings. The predicted molar refractivity (Wildman–Crippen MR) is 73.8 cm³/mol. The molecule has 0 bridgehead atoms. The molecular weight excluding hydrogens is 244 g/mol. The van der Waals surface area contributed by atoms with Crippen molar-refractivity contribution in [1.82, 2.24) is 10.3 Å². The van der Waals surface area contributed by atoms with Crippen LogP contribution in [0.25, 0.3) is 0 Å². The van der Waals surface area contributed by atoms with Crippen molar-refractivity contribution < 1.29 is 5.11 Å². The fourth-order valence-electron chi connectivity index (χ4n) is 2.97. The maximum Gasteiger partial charge on any atom is 0.0959 e. The number of nitrogens with one attached hydrogen (secondary N) is 1. The SMILES string of the molecule is OCC1(NCc2cnc(C3CCC3)s2)CCCC1. The Morgan fingerprint density at radius 3 is 2.72 bits per heavy atom. The zero-order chi connectivity index (χ0) is 12.4. The number of aromatic nitrogens is 1. The lowest BCUT2D eigenvalue weighted by atomic mass is 9.86. The van der Waals surface area contributed by atoms with Gasteiger partial charge in [0, 0.05) is 29.1 Å². The second-order valence-corrected chi connectivity index (χ2v) is 6.94. The fraction of sp³-hybridized carbons (Fsp3) is 0.786. The third-order valence-electron chi connectivity index (χ3n) is 4.53. The van der Waals surface area contributed by atoms with Gasteiger partial charge in [0.2, 0.25) is 0 Å². The van der Waals surface area contributed by atoms with Crippen LogP contribution in [0.5, 0.6) is 0 Å². The van der Waals surface area contributed by atoms with Crippen LogP contribution in [0.1, 0.15) is 60.7 Å². The highest BCUT2D eigenvalue weighted by Gasteiger charge is 2.32. The molecule has 3 nitrogen and oxygen atoms in total. The largest absolute Gasteiger partial charge is 0.394 e. The maximum atomic E-state index is 9.56. The molecule has 0 atom stereocenters. The Bertz CT molecular complexity index is 394. The zero-order valence-corrected chi connectivity index (χ0v) is 11.6. The number of hydrogen-bond acceptors (Lipinski definition) is 4. The molecule has 1 aromatic rings. The molecule has 0 aliphatic heterocycles. The summed E-state index contributed by atoms with van der Waals surface area (Å²) in [6, 6.07) is 0. The van der Waals surface area contributed by atoms with E-state index in [0.717, 1.165) is 25.3 Å². The van der Waals surface area contributed by atoms with E-state index in [0.29, 0.717) is 0 Å². The Morgan fingerprint density at radius 2 is 2.11 bits per heavy atom. The van der Waals surface area contributed by atoms with Gasteiger partial charge >= 0.3 is 0 Å². The van der Waals surface area contributed by atoms with E-state index >= 15 is 0 Å². The normalized spacial score (nSPS) is 23.2. The van der Waals surface area contributed by atoms with Gasteiger partial charge in [-0.2, -0.15) is 0 Å². The van der Waals surface area contributed by atoms with Crippen LogP contribution in [0.3, 0.4) is 0 Å². The molecule has 0 aromatic carbocycles. The first-order valence-corrected chi connectivity index (χ1v) is 7.93. The molecule has 2 N–H and O–H groups in total. The van der Waals surface area contributed by atoms with E-state index in [1.54, 1.807) is 0 Å². The van der Waals surface area contributed by atoms with Crippen LogP contribution >= 0.6 is 11.3 Å². The van der Waals surface area contributed by atoms with E-state index in [4.69, 9.17) is 0 Å². The summed E-state index contributed by atoms with van der Waals surface area (Å²) in [5.74, 6) is 0.738. The van der Waals surface area contributed by atoms with Crippen molar-refractivity contribution in [3.63, 3.8) is 0 Å². The first-order chi connectivity index (χ1) is 8.81. The van der Waals surface area contributed by atoms with Crippen LogP contribution in [-0.4, -0.2) is 22.2 Å². The van der Waals surface area contributed by atoms with Crippen LogP contribution in [0, 0.1) is 0 Å². The molecule has 2 aliphatic carbocycles. The lowest BCUT2D eigenvalue weighted by Crippen LogP contribution is -2.45. The highest BCUT2D eigenvalue weighted by Crippen LogP contribution is 2.38. The summed E-state index contributed by atoms with van der Waals surface area (Å²) >= 11 is 1.85. The minimum absolute atomic E-state index is 0.0133. The monoisotopic (exact) mass is 266 g/mol. The van der Waals surface area contributed by atoms with Crippen LogP contribution < -0.4 is 5.32 Å². The number of rotatable bonds is 5. The van der Waals surface area contributed by atoms with E-state index in [1.807, 2.05) is 17.5 Å². The highest BCUT2D eigenvalue weighted by molar-refractivity contribution is 7.11. The number of nitrogens with zero attached hydrogens (tertiary/aromatic N) is 1. The molecule has 0 saturated heterocycles. The molecule has 2 saturated carbocycles. The summed E-state index contributed by atoms with van der Waals surface area (Å²) < 4.78 is 0. The molecule has 1 aromatic heterocycles. The molecule has 3 rings (SSSR count). The molecule has 2 fully saturated rings. The molecule has 1 heterocycles. The third-order valence-corrected chi connectivity index (χ3v) is 5.69. The van der Waals surface area contributed by atoms with E-state index in [1.165, 1.54) is 42.0 Å². The summed E-state index contributed by atoms with van der Waals surface area (Å²) in [5.41, 5.74) is -0.0133. The van der Waals surface area contributed by atoms with Crippen LogP contribution in [0.15, 0.2) is 6.20 Å². The molecule has 100 valence electrons. The van der Waals surface area contributed by atoms with Crippen molar-refractivity contribution in [3.8, 4) is 0 Å². The third kappa shape index (κ3) is 2.46. The zero-order valence-electron chi connectivity index (χ0n) is 10.8. The molecule has 4 heteroatoms. The summed E-state index contributed by atoms with van der Waals surface area (Å²) in [7, 11) is 0. The van der Waals surface area contributed by atoms with E-state index in [9.17, 15) is 5.11 Å². The smallest absolute Gasteiger partial charge is 0.0959 e. The van der Waals surface area contributed by atoms with Gasteiger partial charge in [0.05, 0.1) is 11.6 Å². The van der Waals surface area contributed by atoms with Gasteiger partial charge in [-0.15, -0.1) is 11.3 Å². The second-order valence-electron chi connectivity index (χ2n) is 5.79. The van der Waals surface area contributed by atoms with Gasteiger partial charge in [-0.25, -0.2) is 4.98 Å². The summed E-state index contributed by atoms with van der Waals surface area (Å²) in [6.07, 6.45) is 10.7. The molecule has 0 amide bonds. The fourth-order valence-corrected chi connectivity index (χ4v) is 3.99. The Kier molecular flexibility index (Phi) is 3.68. The highest BCUT2D eigenvalue weighted by atomic mass is 32.1. The Balaban J connectivity index is 1.57. The van der Waals surface area contributed by atoms with Crippen LogP contribution in [-0.2, 0) is 6.54 Å². The quantitative estimate of drug-likeness (QED) is 0.861. The first-order valence-electron chi connectivity index (χ1n) is 7.12. The summed E-state index contributed by atoms with van der Waals surface area (Å²) in [4.78, 5) is 5.86. The lowest BCUT2D eigenvalue weighted by molar-refractivity contribution is 0.163. The molecule has 0 unspecified atom stereocenters. The van der Waals surface area contributed by atoms with Crippen LogP contribution in [0.4, 0.5) is 0 Å². The van der Waals surface area contributed by atoms with E-state index in [-0.39, 0.29) is 12.1 Å². The van der Waals surface area contributed by atoms with Gasteiger partial charge in [0.15, 0.2) is 0 Å². The Labute approximate surface area is 113 Å². The van der Waals surface area contributed by atoms with Gasteiger partial charge in [-0.05, 0) is 25.7 Å². The van der Waals surface area contributed by atoms with Crippen molar-refractivity contribution in [2.45, 2.75) is 62.9 Å². The maximum absolute atomic E-state index is 9.56. The van der Waals surface area contributed by atoms with Crippen molar-refractivity contribution in [2.24, 2.45) is 0 Å². The average Bonchev–Trinajstić information content (AvgIpc) is 2.94. The minimum Gasteiger partial charge on any atom is -0.394 e. The van der Waals surface area contributed by atoms with Gasteiger partial charge in [-0.3, -0.25) is 0 Å². The lowest BCUT2D eigenvalue weighted by Gasteiger charge is -2.27. The van der Waals surface area contributed by atoms with Gasteiger partial charge < -0.3 is 10.4 Å². The molecule has 0 radical (unpaired) electrons. The number of aliphatic hydroxyl groups is 1. The molecule has 0 spiro atoms. The predicted octanol–water partition coefficient (Wildman–Crippen LogP) is 2.81. The minimum atomic E-state index is -0.0133. The Morgan fingerprint density at radius 1 is 1.33 bits per heavy atom. The van der Waals surface area contributed by atoms with Crippen molar-refractivity contribution in [1.29, 1.82) is 0 Å². The van der Waals surface area contributed by atoms with E-state index < -0.39 is 0 Å². The summed E-state index contributed by atoms with van der Waals surface area (Å²) in [6.45, 7) is 1.13. The summed E-state index contributed by atoms with van der Waals surface area (Å²) in [5, 5.41) is 14.5. The topological polar surface area (TPSA) is 45.1 Å². The van der Waals surface area contributed by atoms with Crippen molar-refractivity contribution >= 4 is 11.3 Å². The van der Waals surface area contributed by atoms with Crippen LogP contribution in [0.2, 0.25) is 0 Å². The standard InChI is InChI=1S/C14H22N2OS/c17-10-14(6-1-2-7-14)16-9-12-8-15-13(18-12)11-4-3-5-11/h8,11,16-17H,1-7,9-10H2. The van der Waals surface area contributed by atoms with Gasteiger partial charge in [0.25, 0.3) is 0 Å². The number of thiazole rings is 1. The molecular formula is C14H22N2OS. The Hall–Kier alpha value is -0.450. The molecule has 18 heavy (non-hydrogen) atoms. The second kappa shape index (κ2) is 5.27. The average molecular weight is 266 g/mol. The number of aliphatic hydroxyl groups excluding tert-OH is 1. The first kappa shape index (κ1) is 12.6. The van der Waals surface area contributed by atoms with E-state index in [2.05, 4.69) is 10.3 Å².